The minimum atomic E-state index is -0.124. The molecule has 0 radical (unpaired) electrons. The highest BCUT2D eigenvalue weighted by Crippen LogP contribution is 2.33. The van der Waals surface area contributed by atoms with Crippen LogP contribution < -0.4 is 11.1 Å². The summed E-state index contributed by atoms with van der Waals surface area (Å²) in [5.74, 6) is -0.124. The Morgan fingerprint density at radius 1 is 1.44 bits per heavy atom. The summed E-state index contributed by atoms with van der Waals surface area (Å²) in [7, 11) is 0. The number of anilines is 1. The van der Waals surface area contributed by atoms with E-state index in [9.17, 15) is 4.79 Å². The van der Waals surface area contributed by atoms with Crippen LogP contribution in [0.4, 0.5) is 5.69 Å². The third-order valence-corrected chi connectivity index (χ3v) is 3.90. The molecule has 0 spiro atoms. The van der Waals surface area contributed by atoms with E-state index in [-0.39, 0.29) is 11.9 Å². The van der Waals surface area contributed by atoms with Crippen LogP contribution in [0.2, 0.25) is 0 Å². The van der Waals surface area contributed by atoms with Gasteiger partial charge in [0.1, 0.15) is 9.71 Å². The smallest absolute Gasteiger partial charge is 0.263 e. The van der Waals surface area contributed by atoms with Crippen LogP contribution in [0.5, 0.6) is 0 Å². The molecule has 0 aliphatic heterocycles. The molecule has 1 amide bonds. The fourth-order valence-electron chi connectivity index (χ4n) is 1.72. The molecule has 96 valence electrons. The molecule has 0 atom stereocenters. The number of hydrogen-bond donors (Lipinski definition) is 2. The SMILES string of the molecule is Cc1cc2c(N)c(C(=O)NC(C)C)sc2nc1C. The van der Waals surface area contributed by atoms with Crippen molar-refractivity contribution in [1.29, 1.82) is 0 Å². The van der Waals surface area contributed by atoms with Gasteiger partial charge in [-0.15, -0.1) is 11.3 Å². The number of pyridine rings is 1. The van der Waals surface area contributed by atoms with Crippen molar-refractivity contribution in [2.45, 2.75) is 33.7 Å². The maximum atomic E-state index is 12.0. The van der Waals surface area contributed by atoms with Crippen LogP contribution in [-0.4, -0.2) is 16.9 Å². The first kappa shape index (κ1) is 12.8. The van der Waals surface area contributed by atoms with Crippen molar-refractivity contribution in [3.8, 4) is 0 Å². The Bertz CT molecular complexity index is 616. The van der Waals surface area contributed by atoms with Gasteiger partial charge in [0.15, 0.2) is 0 Å². The minimum Gasteiger partial charge on any atom is -0.397 e. The van der Waals surface area contributed by atoms with Crippen molar-refractivity contribution in [3.05, 3.63) is 22.2 Å². The quantitative estimate of drug-likeness (QED) is 0.875. The molecule has 18 heavy (non-hydrogen) atoms. The number of amides is 1. The lowest BCUT2D eigenvalue weighted by atomic mass is 10.1. The Morgan fingerprint density at radius 2 is 2.11 bits per heavy atom. The molecule has 2 rings (SSSR count). The largest absolute Gasteiger partial charge is 0.397 e. The highest BCUT2D eigenvalue weighted by Gasteiger charge is 2.18. The molecule has 0 fully saturated rings. The summed E-state index contributed by atoms with van der Waals surface area (Å²) in [5, 5.41) is 3.73. The maximum Gasteiger partial charge on any atom is 0.263 e. The third-order valence-electron chi connectivity index (χ3n) is 2.79. The summed E-state index contributed by atoms with van der Waals surface area (Å²) < 4.78 is 0. The Kier molecular flexibility index (Phi) is 3.26. The lowest BCUT2D eigenvalue weighted by Gasteiger charge is -2.06. The zero-order chi connectivity index (χ0) is 13.4. The Hall–Kier alpha value is -1.62. The van der Waals surface area contributed by atoms with Crippen LogP contribution in [0.25, 0.3) is 10.2 Å². The third kappa shape index (κ3) is 2.18. The van der Waals surface area contributed by atoms with E-state index in [0.717, 1.165) is 21.5 Å². The van der Waals surface area contributed by atoms with Gasteiger partial charge in [0.25, 0.3) is 5.91 Å². The van der Waals surface area contributed by atoms with Crippen molar-refractivity contribution in [1.82, 2.24) is 10.3 Å². The molecule has 0 saturated heterocycles. The van der Waals surface area contributed by atoms with Gasteiger partial charge in [0, 0.05) is 17.1 Å². The predicted molar refractivity (Wildman–Crippen MR) is 76.1 cm³/mol. The number of nitrogens with one attached hydrogen (secondary N) is 1. The topological polar surface area (TPSA) is 68.0 Å². The first-order chi connectivity index (χ1) is 8.40. The van der Waals surface area contributed by atoms with E-state index in [1.54, 1.807) is 0 Å². The Balaban J connectivity index is 2.54. The molecule has 2 aromatic rings. The van der Waals surface area contributed by atoms with Crippen molar-refractivity contribution in [2.24, 2.45) is 0 Å². The van der Waals surface area contributed by atoms with Gasteiger partial charge in [-0.25, -0.2) is 4.98 Å². The van der Waals surface area contributed by atoms with Gasteiger partial charge in [-0.1, -0.05) is 0 Å². The summed E-state index contributed by atoms with van der Waals surface area (Å²) in [4.78, 5) is 17.9. The lowest BCUT2D eigenvalue weighted by Crippen LogP contribution is -2.29. The number of thiophene rings is 1. The van der Waals surface area contributed by atoms with E-state index in [0.29, 0.717) is 10.6 Å². The summed E-state index contributed by atoms with van der Waals surface area (Å²) in [6.07, 6.45) is 0. The van der Waals surface area contributed by atoms with Crippen molar-refractivity contribution >= 4 is 33.1 Å². The summed E-state index contributed by atoms with van der Waals surface area (Å²) >= 11 is 1.35. The van der Waals surface area contributed by atoms with Gasteiger partial charge < -0.3 is 11.1 Å². The molecule has 4 nitrogen and oxygen atoms in total. The number of hydrogen-bond acceptors (Lipinski definition) is 4. The van der Waals surface area contributed by atoms with Gasteiger partial charge in [0.2, 0.25) is 0 Å². The first-order valence-corrected chi connectivity index (χ1v) is 6.69. The van der Waals surface area contributed by atoms with Crippen LogP contribution in [0.3, 0.4) is 0 Å². The molecule has 0 aliphatic rings. The number of fused-ring (bicyclic) bond motifs is 1. The average Bonchev–Trinajstić information content (AvgIpc) is 2.56. The molecule has 0 bridgehead atoms. The van der Waals surface area contributed by atoms with Gasteiger partial charge in [-0.2, -0.15) is 0 Å². The average molecular weight is 263 g/mol. The number of nitrogens with two attached hydrogens (primary N) is 1. The van der Waals surface area contributed by atoms with Crippen molar-refractivity contribution in [3.63, 3.8) is 0 Å². The molecule has 2 heterocycles. The molecule has 0 aromatic carbocycles. The van der Waals surface area contributed by atoms with E-state index < -0.39 is 0 Å². The standard InChI is InChI=1S/C13H17N3OS/c1-6(2)15-12(17)11-10(14)9-5-7(3)8(4)16-13(9)18-11/h5-6H,14H2,1-4H3,(H,15,17). The molecule has 0 saturated carbocycles. The van der Waals surface area contributed by atoms with Crippen LogP contribution in [0.15, 0.2) is 6.07 Å². The van der Waals surface area contributed by atoms with Crippen molar-refractivity contribution in [2.75, 3.05) is 5.73 Å². The predicted octanol–water partition coefficient (Wildman–Crippen LogP) is 2.63. The number of carbonyl (C=O) groups excluding carboxylic acids is 1. The fourth-order valence-corrected chi connectivity index (χ4v) is 2.75. The van der Waals surface area contributed by atoms with E-state index in [4.69, 9.17) is 5.73 Å². The van der Waals surface area contributed by atoms with Gasteiger partial charge in [-0.05, 0) is 39.3 Å². The zero-order valence-corrected chi connectivity index (χ0v) is 11.8. The number of rotatable bonds is 2. The normalized spacial score (nSPS) is 11.2. The molecule has 0 unspecified atom stereocenters. The second kappa shape index (κ2) is 4.57. The van der Waals surface area contributed by atoms with Gasteiger partial charge >= 0.3 is 0 Å². The Morgan fingerprint density at radius 3 is 2.72 bits per heavy atom. The maximum absolute atomic E-state index is 12.0. The number of nitrogens with zero attached hydrogens (tertiary/aromatic N) is 1. The van der Waals surface area contributed by atoms with E-state index >= 15 is 0 Å². The second-order valence-corrected chi connectivity index (χ2v) is 5.72. The molecular weight excluding hydrogens is 246 g/mol. The van der Waals surface area contributed by atoms with Gasteiger partial charge in [0.05, 0.1) is 5.69 Å². The fraction of sp³-hybridized carbons (Fsp3) is 0.385. The van der Waals surface area contributed by atoms with Crippen LogP contribution in [-0.2, 0) is 0 Å². The first-order valence-electron chi connectivity index (χ1n) is 5.87. The minimum absolute atomic E-state index is 0.0959. The summed E-state index contributed by atoms with van der Waals surface area (Å²) in [5.41, 5.74) is 8.63. The number of aryl methyl sites for hydroxylation is 2. The van der Waals surface area contributed by atoms with Crippen molar-refractivity contribution < 1.29 is 4.79 Å². The zero-order valence-electron chi connectivity index (χ0n) is 11.0. The van der Waals surface area contributed by atoms with Crippen LogP contribution in [0.1, 0.15) is 34.8 Å². The molecule has 5 heteroatoms. The number of aromatic nitrogens is 1. The summed E-state index contributed by atoms with van der Waals surface area (Å²) in [6.45, 7) is 7.80. The molecular formula is C13H17N3OS. The molecule has 0 aliphatic carbocycles. The van der Waals surface area contributed by atoms with Gasteiger partial charge in [-0.3, -0.25) is 4.79 Å². The lowest BCUT2D eigenvalue weighted by molar-refractivity contribution is 0.0948. The molecule has 3 N–H and O–H groups in total. The van der Waals surface area contributed by atoms with E-state index in [2.05, 4.69) is 10.3 Å². The highest BCUT2D eigenvalue weighted by molar-refractivity contribution is 7.21. The Labute approximate surface area is 110 Å². The van der Waals surface area contributed by atoms with Crippen LogP contribution in [0, 0.1) is 13.8 Å². The summed E-state index contributed by atoms with van der Waals surface area (Å²) in [6, 6.07) is 2.09. The van der Waals surface area contributed by atoms with Crippen LogP contribution >= 0.6 is 11.3 Å². The second-order valence-electron chi connectivity index (χ2n) is 4.72. The molecule has 2 aromatic heterocycles. The number of nitrogen functional groups attached to an aromatic ring is 1. The highest BCUT2D eigenvalue weighted by atomic mass is 32.1. The monoisotopic (exact) mass is 263 g/mol. The number of carbonyl (C=O) groups is 1. The van der Waals surface area contributed by atoms with E-state index in [1.807, 2.05) is 33.8 Å². The van der Waals surface area contributed by atoms with E-state index in [1.165, 1.54) is 11.3 Å².